The van der Waals surface area contributed by atoms with Crippen LogP contribution in [0.2, 0.25) is 0 Å². The lowest BCUT2D eigenvalue weighted by molar-refractivity contribution is -0.125. The van der Waals surface area contributed by atoms with Crippen molar-refractivity contribution in [1.82, 2.24) is 15.3 Å². The first-order chi connectivity index (χ1) is 11.2. The van der Waals surface area contributed by atoms with Crippen molar-refractivity contribution in [1.29, 1.82) is 0 Å². The van der Waals surface area contributed by atoms with Crippen molar-refractivity contribution in [3.8, 4) is 10.6 Å². The molecule has 1 amide bonds. The second kappa shape index (κ2) is 7.68. The fourth-order valence-electron chi connectivity index (χ4n) is 3.09. The number of aryl methyl sites for hydroxylation is 1. The molecule has 0 aromatic carbocycles. The SMILES string of the molecule is Cc1nc(-c2ccncc2)sc1CCNC(=O)C1CCCCC1. The van der Waals surface area contributed by atoms with E-state index < -0.39 is 0 Å². The molecule has 1 aliphatic carbocycles. The number of nitrogens with zero attached hydrogens (tertiary/aromatic N) is 2. The first-order valence-corrected chi connectivity index (χ1v) is 9.20. The Morgan fingerprint density at radius 1 is 1.26 bits per heavy atom. The van der Waals surface area contributed by atoms with Gasteiger partial charge in [0.25, 0.3) is 0 Å². The van der Waals surface area contributed by atoms with E-state index in [0.717, 1.165) is 35.5 Å². The molecule has 0 spiro atoms. The van der Waals surface area contributed by atoms with E-state index in [9.17, 15) is 4.79 Å². The Morgan fingerprint density at radius 2 is 2.00 bits per heavy atom. The molecule has 2 aromatic rings. The second-order valence-electron chi connectivity index (χ2n) is 6.14. The molecule has 0 saturated heterocycles. The normalized spacial score (nSPS) is 15.5. The lowest BCUT2D eigenvalue weighted by Gasteiger charge is -2.20. The average Bonchev–Trinajstić information content (AvgIpc) is 2.97. The van der Waals surface area contributed by atoms with Crippen LogP contribution in [0, 0.1) is 12.8 Å². The number of pyridine rings is 1. The van der Waals surface area contributed by atoms with Crippen LogP contribution in [0.25, 0.3) is 10.6 Å². The molecule has 23 heavy (non-hydrogen) atoms. The maximum absolute atomic E-state index is 12.2. The molecule has 0 unspecified atom stereocenters. The van der Waals surface area contributed by atoms with Gasteiger partial charge in [0.2, 0.25) is 5.91 Å². The quantitative estimate of drug-likeness (QED) is 0.909. The Hall–Kier alpha value is -1.75. The van der Waals surface area contributed by atoms with Gasteiger partial charge in [0, 0.05) is 41.7 Å². The van der Waals surface area contributed by atoms with Gasteiger partial charge < -0.3 is 5.32 Å². The van der Waals surface area contributed by atoms with Crippen molar-refractivity contribution in [2.45, 2.75) is 45.4 Å². The van der Waals surface area contributed by atoms with Crippen LogP contribution in [-0.2, 0) is 11.2 Å². The first kappa shape index (κ1) is 16.1. The Balaban J connectivity index is 1.54. The highest BCUT2D eigenvalue weighted by molar-refractivity contribution is 7.15. The molecule has 3 rings (SSSR count). The number of carbonyl (C=O) groups is 1. The van der Waals surface area contributed by atoms with E-state index in [1.165, 1.54) is 24.1 Å². The van der Waals surface area contributed by atoms with Crippen LogP contribution < -0.4 is 5.32 Å². The number of hydrogen-bond donors (Lipinski definition) is 1. The predicted molar refractivity (Wildman–Crippen MR) is 93.4 cm³/mol. The molecular formula is C18H23N3OS. The summed E-state index contributed by atoms with van der Waals surface area (Å²) < 4.78 is 0. The van der Waals surface area contributed by atoms with E-state index in [0.29, 0.717) is 6.54 Å². The molecule has 1 fully saturated rings. The van der Waals surface area contributed by atoms with Gasteiger partial charge in [-0.3, -0.25) is 9.78 Å². The average molecular weight is 329 g/mol. The van der Waals surface area contributed by atoms with Gasteiger partial charge in [-0.05, 0) is 31.9 Å². The molecule has 2 heterocycles. The fraction of sp³-hybridized carbons (Fsp3) is 0.500. The van der Waals surface area contributed by atoms with E-state index in [4.69, 9.17) is 0 Å². The van der Waals surface area contributed by atoms with Gasteiger partial charge in [0.15, 0.2) is 0 Å². The lowest BCUT2D eigenvalue weighted by atomic mass is 9.89. The molecule has 0 bridgehead atoms. The molecule has 1 aliphatic rings. The molecule has 1 saturated carbocycles. The summed E-state index contributed by atoms with van der Waals surface area (Å²) >= 11 is 1.71. The molecule has 5 heteroatoms. The van der Waals surface area contributed by atoms with E-state index in [2.05, 4.69) is 15.3 Å². The zero-order valence-corrected chi connectivity index (χ0v) is 14.4. The molecule has 0 atom stereocenters. The first-order valence-electron chi connectivity index (χ1n) is 8.38. The van der Waals surface area contributed by atoms with Crippen molar-refractivity contribution in [3.63, 3.8) is 0 Å². The summed E-state index contributed by atoms with van der Waals surface area (Å²) in [5.41, 5.74) is 2.17. The largest absolute Gasteiger partial charge is 0.356 e. The summed E-state index contributed by atoms with van der Waals surface area (Å²) in [6, 6.07) is 3.96. The van der Waals surface area contributed by atoms with Crippen molar-refractivity contribution < 1.29 is 4.79 Å². The molecule has 4 nitrogen and oxygen atoms in total. The van der Waals surface area contributed by atoms with Crippen LogP contribution in [-0.4, -0.2) is 22.4 Å². The standard InChI is InChI=1S/C18H23N3OS/c1-13-16(23-18(21-13)15-7-10-19-11-8-15)9-12-20-17(22)14-5-3-2-4-6-14/h7-8,10-11,14H,2-6,9,12H2,1H3,(H,20,22). The third-order valence-electron chi connectivity index (χ3n) is 4.45. The highest BCUT2D eigenvalue weighted by atomic mass is 32.1. The Morgan fingerprint density at radius 3 is 2.74 bits per heavy atom. The zero-order chi connectivity index (χ0) is 16.1. The Kier molecular flexibility index (Phi) is 5.39. The van der Waals surface area contributed by atoms with Crippen LogP contribution in [0.3, 0.4) is 0 Å². The van der Waals surface area contributed by atoms with Crippen molar-refractivity contribution in [3.05, 3.63) is 35.1 Å². The maximum atomic E-state index is 12.2. The van der Waals surface area contributed by atoms with E-state index in [1.807, 2.05) is 19.1 Å². The number of hydrogen-bond acceptors (Lipinski definition) is 4. The molecule has 2 aromatic heterocycles. The molecule has 1 N–H and O–H groups in total. The van der Waals surface area contributed by atoms with Crippen molar-refractivity contribution >= 4 is 17.2 Å². The van der Waals surface area contributed by atoms with Crippen molar-refractivity contribution in [2.75, 3.05) is 6.54 Å². The molecular weight excluding hydrogens is 306 g/mol. The number of nitrogens with one attached hydrogen (secondary N) is 1. The third-order valence-corrected chi connectivity index (χ3v) is 5.71. The van der Waals surface area contributed by atoms with Gasteiger partial charge in [-0.1, -0.05) is 19.3 Å². The van der Waals surface area contributed by atoms with Gasteiger partial charge in [-0.2, -0.15) is 0 Å². The van der Waals surface area contributed by atoms with Crippen molar-refractivity contribution in [2.24, 2.45) is 5.92 Å². The predicted octanol–water partition coefficient (Wildman–Crippen LogP) is 3.75. The third kappa shape index (κ3) is 4.16. The summed E-state index contributed by atoms with van der Waals surface area (Å²) in [6.45, 7) is 2.74. The van der Waals surface area contributed by atoms with E-state index in [1.54, 1.807) is 23.7 Å². The van der Waals surface area contributed by atoms with Gasteiger partial charge in [0.05, 0.1) is 5.69 Å². The van der Waals surface area contributed by atoms with E-state index >= 15 is 0 Å². The van der Waals surface area contributed by atoms with E-state index in [-0.39, 0.29) is 11.8 Å². The number of rotatable bonds is 5. The number of amides is 1. The van der Waals surface area contributed by atoms with Gasteiger partial charge >= 0.3 is 0 Å². The Labute approximate surface area is 141 Å². The van der Waals surface area contributed by atoms with Gasteiger partial charge in [0.1, 0.15) is 5.01 Å². The summed E-state index contributed by atoms with van der Waals surface area (Å²) in [7, 11) is 0. The fourth-order valence-corrected chi connectivity index (χ4v) is 4.15. The Bertz CT molecular complexity index is 648. The number of aromatic nitrogens is 2. The highest BCUT2D eigenvalue weighted by Crippen LogP contribution is 2.28. The minimum atomic E-state index is 0.235. The number of carbonyl (C=O) groups excluding carboxylic acids is 1. The van der Waals surface area contributed by atoms with Gasteiger partial charge in [-0.15, -0.1) is 11.3 Å². The maximum Gasteiger partial charge on any atom is 0.223 e. The van der Waals surface area contributed by atoms with Crippen LogP contribution in [0.5, 0.6) is 0 Å². The van der Waals surface area contributed by atoms with Crippen LogP contribution in [0.15, 0.2) is 24.5 Å². The lowest BCUT2D eigenvalue weighted by Crippen LogP contribution is -2.33. The summed E-state index contributed by atoms with van der Waals surface area (Å²) in [5, 5.41) is 4.13. The summed E-state index contributed by atoms with van der Waals surface area (Å²) in [4.78, 5) is 22.1. The monoisotopic (exact) mass is 329 g/mol. The minimum Gasteiger partial charge on any atom is -0.356 e. The summed E-state index contributed by atoms with van der Waals surface area (Å²) in [5.74, 6) is 0.472. The van der Waals surface area contributed by atoms with Crippen LogP contribution in [0.1, 0.15) is 42.7 Å². The topological polar surface area (TPSA) is 54.9 Å². The second-order valence-corrected chi connectivity index (χ2v) is 7.22. The molecule has 122 valence electrons. The highest BCUT2D eigenvalue weighted by Gasteiger charge is 2.20. The number of thiazole rings is 1. The van der Waals surface area contributed by atoms with Crippen LogP contribution >= 0.6 is 11.3 Å². The smallest absolute Gasteiger partial charge is 0.223 e. The van der Waals surface area contributed by atoms with Gasteiger partial charge in [-0.25, -0.2) is 4.98 Å². The zero-order valence-electron chi connectivity index (χ0n) is 13.5. The molecule has 0 radical (unpaired) electrons. The van der Waals surface area contributed by atoms with Crippen LogP contribution in [0.4, 0.5) is 0 Å². The minimum absolute atomic E-state index is 0.235. The summed E-state index contributed by atoms with van der Waals surface area (Å²) in [6.07, 6.45) is 10.2. The molecule has 0 aliphatic heterocycles.